The van der Waals surface area contributed by atoms with Crippen LogP contribution in [0.2, 0.25) is 0 Å². The van der Waals surface area contributed by atoms with Crippen LogP contribution in [0.25, 0.3) is 0 Å². The second-order valence-corrected chi connectivity index (χ2v) is 12.6. The average molecular weight is 463 g/mol. The molecule has 36 heavy (non-hydrogen) atoms. The molecule has 0 aliphatic heterocycles. The lowest BCUT2D eigenvalue weighted by Gasteiger charge is -2.40. The van der Waals surface area contributed by atoms with Crippen LogP contribution in [0.1, 0.15) is 122 Å². The van der Waals surface area contributed by atoms with Crippen molar-refractivity contribution >= 4 is 0 Å². The highest BCUT2D eigenvalue weighted by Gasteiger charge is 2.49. The van der Waals surface area contributed by atoms with E-state index in [1.807, 2.05) is 0 Å². The van der Waals surface area contributed by atoms with Crippen molar-refractivity contribution in [3.63, 3.8) is 0 Å². The molecule has 0 heteroatoms. The van der Waals surface area contributed by atoms with Gasteiger partial charge in [0, 0.05) is 17.8 Å². The van der Waals surface area contributed by atoms with Gasteiger partial charge >= 0.3 is 0 Å². The molecule has 0 fully saturated rings. The maximum Gasteiger partial charge on any atom is 0.0104 e. The average Bonchev–Trinajstić information content (AvgIpc) is 3.51. The smallest absolute Gasteiger partial charge is 0.0104 e. The summed E-state index contributed by atoms with van der Waals surface area (Å²) >= 11 is 0. The van der Waals surface area contributed by atoms with Crippen molar-refractivity contribution in [3.8, 4) is 0 Å². The minimum Gasteiger partial charge on any atom is -0.0620 e. The summed E-state index contributed by atoms with van der Waals surface area (Å²) in [6.45, 7) is 0. The Hall–Kier alpha value is -3.12. The zero-order chi connectivity index (χ0) is 23.1. The molecule has 6 bridgehead atoms. The van der Waals surface area contributed by atoms with Gasteiger partial charge in [-0.25, -0.2) is 0 Å². The lowest BCUT2D eigenvalue weighted by molar-refractivity contribution is 0.520. The number of hydrogen-bond acceptors (Lipinski definition) is 0. The van der Waals surface area contributed by atoms with Gasteiger partial charge in [0.05, 0.1) is 0 Å². The van der Waals surface area contributed by atoms with Crippen LogP contribution in [0.4, 0.5) is 0 Å². The van der Waals surface area contributed by atoms with E-state index in [4.69, 9.17) is 0 Å². The van der Waals surface area contributed by atoms with E-state index in [-0.39, 0.29) is 0 Å². The van der Waals surface area contributed by atoms with Crippen molar-refractivity contribution in [2.75, 3.05) is 0 Å². The van der Waals surface area contributed by atoms with Crippen LogP contribution in [0.15, 0.2) is 72.8 Å². The Kier molecular flexibility index (Phi) is 3.39. The normalized spacial score (nSPS) is 30.7. The zero-order valence-electron chi connectivity index (χ0n) is 20.6. The van der Waals surface area contributed by atoms with E-state index < -0.39 is 0 Å². The summed E-state index contributed by atoms with van der Waals surface area (Å²) in [5.41, 5.74) is 20.7. The minimum atomic E-state index is 0.615. The Balaban J connectivity index is 1.31. The van der Waals surface area contributed by atoms with Crippen LogP contribution in [-0.2, 0) is 19.3 Å². The number of rotatable bonds is 0. The summed E-state index contributed by atoms with van der Waals surface area (Å²) in [6.07, 6.45) is 7.81. The van der Waals surface area contributed by atoms with Gasteiger partial charge < -0.3 is 0 Å². The lowest BCUT2D eigenvalue weighted by Crippen LogP contribution is -2.26. The van der Waals surface area contributed by atoms with Crippen molar-refractivity contribution in [1.82, 2.24) is 0 Å². The van der Waals surface area contributed by atoms with E-state index in [0.29, 0.717) is 35.5 Å². The van der Waals surface area contributed by atoms with Crippen LogP contribution < -0.4 is 0 Å². The predicted octanol–water partition coefficient (Wildman–Crippen LogP) is 8.21. The highest BCUT2D eigenvalue weighted by molar-refractivity contribution is 5.69. The van der Waals surface area contributed by atoms with Crippen LogP contribution >= 0.6 is 0 Å². The fourth-order valence-electron chi connectivity index (χ4n) is 10.3. The summed E-state index contributed by atoms with van der Waals surface area (Å²) in [4.78, 5) is 0. The monoisotopic (exact) mass is 462 g/mol. The zero-order valence-corrected chi connectivity index (χ0v) is 20.6. The molecule has 0 nitrogen and oxygen atoms in total. The number of fused-ring (bicyclic) bond motifs is 24. The van der Waals surface area contributed by atoms with Crippen LogP contribution in [-0.4, -0.2) is 0 Å². The van der Waals surface area contributed by atoms with Gasteiger partial charge in [-0.1, -0.05) is 72.8 Å². The molecule has 4 aromatic carbocycles. The summed E-state index contributed by atoms with van der Waals surface area (Å²) in [5, 5.41) is 0. The van der Waals surface area contributed by atoms with Crippen molar-refractivity contribution in [2.24, 2.45) is 0 Å². The molecular weight excluding hydrogens is 432 g/mol. The standard InChI is InChI=1S/C36H30/c1-4-10-25-22(7-1)19-13-28(25)34-31(16-19)35-29-14-21(24-9-2-5-11-26(24)29)18-33(35)36-30-15-20(17-32(34)36)23-8-3-6-12-27(23)30/h1-12,19-21,28-30H,13-18H2/t19-,20-,21+,28-,29+,30-/m1/s1. The van der Waals surface area contributed by atoms with Gasteiger partial charge in [-0.2, -0.15) is 0 Å². The second-order valence-electron chi connectivity index (χ2n) is 12.6. The van der Waals surface area contributed by atoms with Crippen molar-refractivity contribution in [3.05, 3.63) is 140 Å². The molecule has 0 radical (unpaired) electrons. The molecular formula is C36H30. The van der Waals surface area contributed by atoms with Gasteiger partial charge in [-0.15, -0.1) is 0 Å². The minimum absolute atomic E-state index is 0.615. The fraction of sp³-hybridized carbons (Fsp3) is 0.333. The molecule has 0 N–H and O–H groups in total. The number of benzene rings is 4. The Morgan fingerprint density at radius 3 is 0.944 bits per heavy atom. The highest BCUT2D eigenvalue weighted by Crippen LogP contribution is 2.64. The molecule has 174 valence electrons. The molecule has 0 spiro atoms. The fourth-order valence-corrected chi connectivity index (χ4v) is 10.3. The van der Waals surface area contributed by atoms with Gasteiger partial charge in [0.15, 0.2) is 0 Å². The SMILES string of the molecule is c1ccc2c(c1)[C@H]1Cc3c(c4c(c5c3[C@@H]3C[C@H](C5)c5ccccc53)[C@H]3C[C@@H](C4)c4ccccc43)[C@@H]2C1. The van der Waals surface area contributed by atoms with Gasteiger partial charge in [0.2, 0.25) is 0 Å². The quantitative estimate of drug-likeness (QED) is 0.247. The van der Waals surface area contributed by atoms with Crippen molar-refractivity contribution in [2.45, 2.75) is 74.0 Å². The predicted molar refractivity (Wildman–Crippen MR) is 144 cm³/mol. The Morgan fingerprint density at radius 1 is 0.361 bits per heavy atom. The van der Waals surface area contributed by atoms with Gasteiger partial charge in [0.25, 0.3) is 0 Å². The highest BCUT2D eigenvalue weighted by atomic mass is 14.5. The molecule has 6 atom stereocenters. The molecule has 0 aromatic heterocycles. The molecule has 0 saturated carbocycles. The summed E-state index contributed by atoms with van der Waals surface area (Å²) < 4.78 is 0. The van der Waals surface area contributed by atoms with E-state index in [2.05, 4.69) is 72.8 Å². The van der Waals surface area contributed by atoms with E-state index in [9.17, 15) is 0 Å². The first-order valence-electron chi connectivity index (χ1n) is 14.3. The summed E-state index contributed by atoms with van der Waals surface area (Å²) in [5.74, 6) is 3.99. The maximum absolute atomic E-state index is 2.47. The second kappa shape index (κ2) is 6.41. The third-order valence-corrected chi connectivity index (χ3v) is 11.3. The molecule has 10 rings (SSSR count). The third kappa shape index (κ3) is 2.13. The van der Waals surface area contributed by atoms with Crippen LogP contribution in [0.5, 0.6) is 0 Å². The molecule has 0 heterocycles. The maximum atomic E-state index is 2.47. The van der Waals surface area contributed by atoms with E-state index in [1.165, 1.54) is 38.5 Å². The van der Waals surface area contributed by atoms with Crippen molar-refractivity contribution in [1.29, 1.82) is 0 Å². The summed E-state index contributed by atoms with van der Waals surface area (Å²) in [6, 6.07) is 28.5. The molecule has 6 aliphatic rings. The summed E-state index contributed by atoms with van der Waals surface area (Å²) in [7, 11) is 0. The van der Waals surface area contributed by atoms with Gasteiger partial charge in [-0.3, -0.25) is 0 Å². The first-order valence-corrected chi connectivity index (χ1v) is 14.3. The third-order valence-electron chi connectivity index (χ3n) is 11.3. The number of hydrogen-bond donors (Lipinski definition) is 0. The molecule has 6 aliphatic carbocycles. The molecule has 0 unspecified atom stereocenters. The Bertz CT molecular complexity index is 1420. The first kappa shape index (κ1) is 19.1. The van der Waals surface area contributed by atoms with E-state index in [1.54, 1.807) is 66.8 Å². The Morgan fingerprint density at radius 2 is 0.639 bits per heavy atom. The molecule has 0 saturated heterocycles. The Labute approximate surface area is 213 Å². The van der Waals surface area contributed by atoms with Crippen molar-refractivity contribution < 1.29 is 0 Å². The van der Waals surface area contributed by atoms with E-state index in [0.717, 1.165) is 0 Å². The van der Waals surface area contributed by atoms with Crippen LogP contribution in [0.3, 0.4) is 0 Å². The largest absolute Gasteiger partial charge is 0.0620 e. The first-order chi connectivity index (χ1) is 17.8. The van der Waals surface area contributed by atoms with Gasteiger partial charge in [-0.05, 0) is 123 Å². The molecule has 0 amide bonds. The topological polar surface area (TPSA) is 0 Å². The lowest BCUT2D eigenvalue weighted by atomic mass is 9.64. The molecule has 4 aromatic rings. The van der Waals surface area contributed by atoms with E-state index >= 15 is 0 Å². The van der Waals surface area contributed by atoms with Gasteiger partial charge in [0.1, 0.15) is 0 Å². The van der Waals surface area contributed by atoms with Crippen LogP contribution in [0, 0.1) is 0 Å².